The second-order valence-electron chi connectivity index (χ2n) is 10.0. The monoisotopic (exact) mass is 696 g/mol. The van der Waals surface area contributed by atoms with Gasteiger partial charge >= 0.3 is 40.0 Å². The zero-order valence-electron chi connectivity index (χ0n) is 25.0. The van der Waals surface area contributed by atoms with Gasteiger partial charge in [-0.25, -0.2) is 9.59 Å². The molecule has 0 aromatic carbocycles. The number of nitrogens with zero attached hydrogens (tertiary/aromatic N) is 1. The molecule has 0 aliphatic carbocycles. The van der Waals surface area contributed by atoms with Crippen LogP contribution in [0.3, 0.4) is 0 Å². The Labute approximate surface area is 264 Å². The quantitative estimate of drug-likeness (QED) is 0.108. The second kappa shape index (κ2) is 15.4. The molecule has 5 N–H and O–H groups in total. The number of aliphatic hydroxyl groups is 2. The fourth-order valence-electron chi connectivity index (χ4n) is 4.53. The molecule has 1 aromatic heterocycles. The third-order valence-corrected chi connectivity index (χ3v) is 7.22. The molecule has 22 nitrogen and oxygen atoms in total. The van der Waals surface area contributed by atoms with Crippen LogP contribution in [0.1, 0.15) is 33.9 Å². The van der Waals surface area contributed by atoms with E-state index in [4.69, 9.17) is 28.4 Å². The van der Waals surface area contributed by atoms with Gasteiger partial charge < -0.3 is 44.0 Å². The highest BCUT2D eigenvalue weighted by atomic mass is 32.2. The Morgan fingerprint density at radius 1 is 0.894 bits per heavy atom. The van der Waals surface area contributed by atoms with Crippen molar-refractivity contribution in [3.63, 3.8) is 0 Å². The second-order valence-corrected chi connectivity index (χ2v) is 11.4. The van der Waals surface area contributed by atoms with Gasteiger partial charge in [0, 0.05) is 40.0 Å². The number of carbonyl (C=O) groups excluding carboxylic acids is 5. The number of hydrogen-bond donors (Lipinski definition) is 5. The predicted octanol–water partition coefficient (Wildman–Crippen LogP) is -4.20. The zero-order valence-corrected chi connectivity index (χ0v) is 25.9. The van der Waals surface area contributed by atoms with Crippen LogP contribution in [0.5, 0.6) is 0 Å². The van der Waals surface area contributed by atoms with Gasteiger partial charge in [0.1, 0.15) is 37.1 Å². The van der Waals surface area contributed by atoms with E-state index < -0.39 is 120 Å². The molecule has 2 fully saturated rings. The van der Waals surface area contributed by atoms with Gasteiger partial charge in [-0.05, 0) is 0 Å². The molecule has 3 heterocycles. The topological polar surface area (TPSA) is 303 Å². The van der Waals surface area contributed by atoms with Crippen LogP contribution in [0.15, 0.2) is 21.9 Å². The number of amides is 2. The largest absolute Gasteiger partial charge is 0.463 e. The van der Waals surface area contributed by atoms with E-state index in [1.54, 1.807) is 0 Å². The van der Waals surface area contributed by atoms with Crippen molar-refractivity contribution in [2.24, 2.45) is 0 Å². The smallest absolute Gasteiger partial charge is 0.425 e. The minimum atomic E-state index is -5.07. The van der Waals surface area contributed by atoms with E-state index in [1.165, 1.54) is 4.72 Å². The summed E-state index contributed by atoms with van der Waals surface area (Å²) < 4.78 is 63.1. The molecule has 2 aliphatic heterocycles. The van der Waals surface area contributed by atoms with Crippen molar-refractivity contribution in [2.75, 3.05) is 13.2 Å². The average molecular weight is 697 g/mol. The van der Waals surface area contributed by atoms with Crippen LogP contribution < -0.4 is 21.3 Å². The molecular weight excluding hydrogens is 664 g/mol. The number of carbonyl (C=O) groups is 5. The summed E-state index contributed by atoms with van der Waals surface area (Å²) in [7, 11) is -5.07. The number of hydrogen-bond acceptors (Lipinski definition) is 18. The van der Waals surface area contributed by atoms with Crippen LogP contribution >= 0.6 is 0 Å². The first-order valence-electron chi connectivity index (χ1n) is 13.5. The van der Waals surface area contributed by atoms with E-state index in [2.05, 4.69) is 9.50 Å². The van der Waals surface area contributed by atoms with Crippen LogP contribution in [0.2, 0.25) is 0 Å². The highest BCUT2D eigenvalue weighted by Gasteiger charge is 2.52. The maximum atomic E-state index is 12.7. The summed E-state index contributed by atoms with van der Waals surface area (Å²) in [5.41, 5.74) is -1.75. The van der Waals surface area contributed by atoms with Crippen molar-refractivity contribution in [3.05, 3.63) is 33.1 Å². The van der Waals surface area contributed by atoms with Gasteiger partial charge in [0.2, 0.25) is 12.2 Å². The van der Waals surface area contributed by atoms with Gasteiger partial charge in [-0.15, -0.1) is 0 Å². The third-order valence-electron chi connectivity index (χ3n) is 6.35. The Morgan fingerprint density at radius 3 is 2.11 bits per heavy atom. The van der Waals surface area contributed by atoms with E-state index >= 15 is 0 Å². The third kappa shape index (κ3) is 10.0. The van der Waals surface area contributed by atoms with Crippen molar-refractivity contribution >= 4 is 40.2 Å². The normalized spacial score (nSPS) is 28.9. The number of ether oxygens (including phenoxy) is 6. The van der Waals surface area contributed by atoms with Crippen molar-refractivity contribution in [2.45, 2.75) is 82.9 Å². The first kappa shape index (κ1) is 37.0. The lowest BCUT2D eigenvalue weighted by molar-refractivity contribution is -0.263. The summed E-state index contributed by atoms with van der Waals surface area (Å²) in [6.07, 6.45) is -14.1. The summed E-state index contributed by atoms with van der Waals surface area (Å²) in [6, 6.07) is -0.676. The van der Waals surface area contributed by atoms with Crippen LogP contribution in [0.25, 0.3) is 0 Å². The molecule has 0 saturated carbocycles. The van der Waals surface area contributed by atoms with Gasteiger partial charge in [0.25, 0.3) is 5.56 Å². The first-order valence-corrected chi connectivity index (χ1v) is 14.9. The minimum absolute atomic E-state index is 0.636. The Hall–Kier alpha value is -4.42. The van der Waals surface area contributed by atoms with Gasteiger partial charge in [-0.3, -0.25) is 37.7 Å². The van der Waals surface area contributed by atoms with E-state index in [9.17, 15) is 52.2 Å². The fourth-order valence-corrected chi connectivity index (χ4v) is 5.16. The van der Waals surface area contributed by atoms with Crippen LogP contribution in [-0.2, 0) is 62.1 Å². The highest BCUT2D eigenvalue weighted by molar-refractivity contribution is 7.85. The number of esters is 3. The standard InChI is InChI=1S/C24H32N4O18S/c1-9(29)25-16-20(43-12(4)32)19(42-11(3)31)14(7-40-10(2)30)45-22(16)46-24(37)27-47(38,39)41-8-13-17(34)18(35)21(44-13)28-6-5-15(33)26-23(28)36/h5-6,13-14,16-22,34-35H,7-8H2,1-4H3,(H,25,29)(H,27,37)(H,26,33,36). The van der Waals surface area contributed by atoms with Gasteiger partial charge in [-0.2, -0.15) is 13.1 Å². The van der Waals surface area contributed by atoms with Crippen molar-refractivity contribution in [3.8, 4) is 0 Å². The van der Waals surface area contributed by atoms with Crippen molar-refractivity contribution in [1.82, 2.24) is 19.6 Å². The number of nitrogens with one attached hydrogen (secondary N) is 3. The number of aromatic nitrogens is 2. The average Bonchev–Trinajstić information content (AvgIpc) is 3.21. The molecular formula is C24H32N4O18S. The highest BCUT2D eigenvalue weighted by Crippen LogP contribution is 2.30. The number of aliphatic hydroxyl groups excluding tert-OH is 2. The molecule has 23 heteroatoms. The molecule has 0 bridgehead atoms. The van der Waals surface area contributed by atoms with Gasteiger partial charge in [-0.1, -0.05) is 0 Å². The Bertz CT molecular complexity index is 1580. The lowest BCUT2D eigenvalue weighted by atomic mass is 9.96. The molecule has 2 aliphatic rings. The van der Waals surface area contributed by atoms with E-state index in [-0.39, 0.29) is 0 Å². The van der Waals surface area contributed by atoms with E-state index in [1.807, 2.05) is 4.98 Å². The Balaban J connectivity index is 1.75. The molecule has 1 aromatic rings. The Morgan fingerprint density at radius 2 is 1.53 bits per heavy atom. The summed E-state index contributed by atoms with van der Waals surface area (Å²) >= 11 is 0. The van der Waals surface area contributed by atoms with Gasteiger partial charge in [0.05, 0.1) is 6.61 Å². The fraction of sp³-hybridized carbons (Fsp3) is 0.625. The molecule has 2 amide bonds. The summed E-state index contributed by atoms with van der Waals surface area (Å²) in [4.78, 5) is 85.1. The van der Waals surface area contributed by atoms with Crippen molar-refractivity contribution < 1.29 is 75.2 Å². The van der Waals surface area contributed by atoms with Crippen molar-refractivity contribution in [1.29, 1.82) is 0 Å². The predicted molar refractivity (Wildman–Crippen MR) is 146 cm³/mol. The number of aromatic amines is 1. The molecule has 2 saturated heterocycles. The van der Waals surface area contributed by atoms with Crippen LogP contribution in [0, 0.1) is 0 Å². The zero-order chi connectivity index (χ0) is 35.2. The van der Waals surface area contributed by atoms with Gasteiger partial charge in [0.15, 0.2) is 18.4 Å². The molecule has 3 rings (SSSR count). The molecule has 0 radical (unpaired) electrons. The number of H-pyrrole nitrogens is 1. The number of rotatable bonds is 11. The van der Waals surface area contributed by atoms with Crippen LogP contribution in [0.4, 0.5) is 4.79 Å². The van der Waals surface area contributed by atoms with E-state index in [0.717, 1.165) is 44.5 Å². The molecule has 9 atom stereocenters. The lowest BCUT2D eigenvalue weighted by Gasteiger charge is -2.44. The SMILES string of the molecule is CC(=O)NC1C(OC(=O)NS(=O)(=O)OCC2OC(n3ccc(=O)[nH]c3=O)C(O)C2O)OC(COC(C)=O)C(OC(C)=O)C1OC(C)=O. The first-order chi connectivity index (χ1) is 21.9. The lowest BCUT2D eigenvalue weighted by Crippen LogP contribution is -2.67. The maximum Gasteiger partial charge on any atom is 0.425 e. The summed E-state index contributed by atoms with van der Waals surface area (Å²) in [6.45, 7) is 2.40. The molecule has 9 unspecified atom stereocenters. The van der Waals surface area contributed by atoms with Crippen LogP contribution in [-0.4, -0.2) is 120 Å². The molecule has 47 heavy (non-hydrogen) atoms. The summed E-state index contributed by atoms with van der Waals surface area (Å²) in [5, 5.41) is 22.9. The Kier molecular flexibility index (Phi) is 12.2. The molecule has 0 spiro atoms. The summed E-state index contributed by atoms with van der Waals surface area (Å²) in [5.74, 6) is -3.42. The maximum absolute atomic E-state index is 12.7. The minimum Gasteiger partial charge on any atom is -0.463 e. The van der Waals surface area contributed by atoms with E-state index in [0.29, 0.717) is 0 Å². The molecule has 262 valence electrons.